The molecule has 3 heterocycles. The lowest BCUT2D eigenvalue weighted by Crippen LogP contribution is -2.38. The maximum atomic E-state index is 10.9. The number of benzene rings is 2. The number of rotatable bonds is 0. The van der Waals surface area contributed by atoms with Crippen molar-refractivity contribution in [2.24, 2.45) is 0 Å². The van der Waals surface area contributed by atoms with Gasteiger partial charge in [-0.3, -0.25) is 5.01 Å². The number of hydrogen-bond acceptors (Lipinski definition) is 6. The number of nitrogens with one attached hydrogen (secondary N) is 1. The summed E-state index contributed by atoms with van der Waals surface area (Å²) in [7, 11) is 1.83. The zero-order valence-electron chi connectivity index (χ0n) is 13.5. The Morgan fingerprint density at radius 2 is 2.08 bits per heavy atom. The van der Waals surface area contributed by atoms with Crippen LogP contribution in [0.2, 0.25) is 5.02 Å². The molecule has 2 bridgehead atoms. The normalized spacial score (nSPS) is 18.3. The number of fused-ring (bicyclic) bond motifs is 6. The average molecular weight is 432 g/mol. The summed E-state index contributed by atoms with van der Waals surface area (Å²) in [6.07, 6.45) is 0. The van der Waals surface area contributed by atoms with Gasteiger partial charge in [0.25, 0.3) is 0 Å². The van der Waals surface area contributed by atoms with Crippen LogP contribution in [0.3, 0.4) is 0 Å². The quantitative estimate of drug-likeness (QED) is 0.551. The van der Waals surface area contributed by atoms with E-state index in [2.05, 4.69) is 31.3 Å². The standard InChI is InChI=1S/C18H12BrClN4O2/c1-24-18-15(21-11-7-8(20)5-6-10(11)22-18)17-16(25)14(23-24)13-9(19)3-2-4-12(13)26-17/h2-7,14,23,25H,1H3. The average Bonchev–Trinajstić information content (AvgIpc) is 2.67. The lowest BCUT2D eigenvalue weighted by molar-refractivity contribution is 0.309. The topological polar surface area (TPSA) is 70.5 Å². The van der Waals surface area contributed by atoms with Gasteiger partial charge in [-0.1, -0.05) is 33.6 Å². The molecule has 6 nitrogen and oxygen atoms in total. The van der Waals surface area contributed by atoms with Gasteiger partial charge in [0, 0.05) is 22.1 Å². The van der Waals surface area contributed by atoms with Crippen LogP contribution >= 0.6 is 27.5 Å². The smallest absolute Gasteiger partial charge is 0.196 e. The van der Waals surface area contributed by atoms with Crippen molar-refractivity contribution < 1.29 is 9.84 Å². The molecular formula is C18H12BrClN4O2. The van der Waals surface area contributed by atoms with Gasteiger partial charge in [0.2, 0.25) is 0 Å². The number of aliphatic hydroxyl groups excluding tert-OH is 1. The highest BCUT2D eigenvalue weighted by Gasteiger charge is 2.38. The number of hydrogen-bond donors (Lipinski definition) is 2. The summed E-state index contributed by atoms with van der Waals surface area (Å²) in [6, 6.07) is 10.5. The van der Waals surface area contributed by atoms with E-state index < -0.39 is 6.04 Å². The van der Waals surface area contributed by atoms with Crippen LogP contribution in [0.5, 0.6) is 5.75 Å². The SMILES string of the molecule is CN1NC2C(O)=C(Oc3cccc(Br)c32)c2nc3cc(Cl)ccc3nc21. The van der Waals surface area contributed by atoms with Gasteiger partial charge in [0.05, 0.1) is 11.0 Å². The van der Waals surface area contributed by atoms with E-state index in [9.17, 15) is 5.11 Å². The molecule has 0 saturated heterocycles. The molecule has 2 N–H and O–H groups in total. The Bertz CT molecular complexity index is 1120. The summed E-state index contributed by atoms with van der Waals surface area (Å²) < 4.78 is 6.87. The first-order chi connectivity index (χ1) is 12.5. The first kappa shape index (κ1) is 15.9. The van der Waals surface area contributed by atoms with Gasteiger partial charge in [-0.2, -0.15) is 0 Å². The van der Waals surface area contributed by atoms with Crippen molar-refractivity contribution in [2.45, 2.75) is 6.04 Å². The van der Waals surface area contributed by atoms with Crippen molar-refractivity contribution in [1.82, 2.24) is 15.4 Å². The van der Waals surface area contributed by atoms with Crippen molar-refractivity contribution >= 4 is 50.1 Å². The fourth-order valence-electron chi connectivity index (χ4n) is 3.27. The third-order valence-corrected chi connectivity index (χ3v) is 5.41. The molecule has 0 amide bonds. The molecule has 1 unspecified atom stereocenters. The zero-order chi connectivity index (χ0) is 18.0. The number of aliphatic hydroxyl groups is 1. The Morgan fingerprint density at radius 3 is 2.92 bits per heavy atom. The van der Waals surface area contributed by atoms with E-state index in [0.29, 0.717) is 39.1 Å². The third-order valence-electron chi connectivity index (χ3n) is 4.48. The summed E-state index contributed by atoms with van der Waals surface area (Å²) in [5, 5.41) is 13.2. The van der Waals surface area contributed by atoms with Gasteiger partial charge in [-0.25, -0.2) is 15.4 Å². The van der Waals surface area contributed by atoms with Gasteiger partial charge in [-0.05, 0) is 30.3 Å². The van der Waals surface area contributed by atoms with Crippen LogP contribution in [-0.4, -0.2) is 22.1 Å². The maximum absolute atomic E-state index is 10.9. The van der Waals surface area contributed by atoms with Gasteiger partial charge in [0.1, 0.15) is 11.8 Å². The van der Waals surface area contributed by atoms with Gasteiger partial charge in [-0.15, -0.1) is 0 Å². The fourth-order valence-corrected chi connectivity index (χ4v) is 4.01. The maximum Gasteiger partial charge on any atom is 0.196 e. The Labute approximate surface area is 162 Å². The Morgan fingerprint density at radius 1 is 1.23 bits per heavy atom. The highest BCUT2D eigenvalue weighted by atomic mass is 79.9. The summed E-state index contributed by atoms with van der Waals surface area (Å²) in [5.41, 5.74) is 5.89. The molecule has 0 saturated carbocycles. The van der Waals surface area contributed by atoms with E-state index in [1.54, 1.807) is 17.1 Å². The zero-order valence-corrected chi connectivity index (χ0v) is 15.8. The molecule has 0 aliphatic carbocycles. The molecule has 8 heteroatoms. The Balaban J connectivity index is 1.79. The van der Waals surface area contributed by atoms with Crippen molar-refractivity contribution in [1.29, 1.82) is 0 Å². The van der Waals surface area contributed by atoms with E-state index in [0.717, 1.165) is 10.0 Å². The van der Waals surface area contributed by atoms with Crippen molar-refractivity contribution in [3.05, 3.63) is 62.9 Å². The number of ether oxygens (including phenoxy) is 1. The second kappa shape index (κ2) is 5.57. The monoisotopic (exact) mass is 430 g/mol. The molecule has 26 heavy (non-hydrogen) atoms. The second-order valence-corrected chi connectivity index (χ2v) is 7.41. The summed E-state index contributed by atoms with van der Waals surface area (Å²) in [6.45, 7) is 0. The van der Waals surface area contributed by atoms with Crippen LogP contribution in [-0.2, 0) is 0 Å². The first-order valence-electron chi connectivity index (χ1n) is 7.90. The summed E-state index contributed by atoms with van der Waals surface area (Å²) in [5.74, 6) is 1.57. The molecule has 3 aromatic rings. The Hall–Kier alpha value is -2.35. The molecular weight excluding hydrogens is 420 g/mol. The van der Waals surface area contributed by atoms with Crippen molar-refractivity contribution in [3.63, 3.8) is 0 Å². The molecule has 2 aromatic carbocycles. The van der Waals surface area contributed by atoms with Gasteiger partial charge in [0.15, 0.2) is 23.0 Å². The molecule has 5 rings (SSSR count). The minimum Gasteiger partial charge on any atom is -0.506 e. The van der Waals surface area contributed by atoms with E-state index in [1.807, 2.05) is 31.3 Å². The lowest BCUT2D eigenvalue weighted by atomic mass is 10.0. The van der Waals surface area contributed by atoms with Crippen molar-refractivity contribution in [3.8, 4) is 5.75 Å². The van der Waals surface area contributed by atoms with E-state index >= 15 is 0 Å². The van der Waals surface area contributed by atoms with Crippen molar-refractivity contribution in [2.75, 3.05) is 12.1 Å². The van der Waals surface area contributed by atoms with Crippen LogP contribution < -0.4 is 15.2 Å². The van der Waals surface area contributed by atoms with Crippen LogP contribution in [0, 0.1) is 0 Å². The predicted octanol–water partition coefficient (Wildman–Crippen LogP) is 4.36. The number of hydrazine groups is 1. The minimum absolute atomic E-state index is 0.0608. The van der Waals surface area contributed by atoms with E-state index in [4.69, 9.17) is 16.3 Å². The highest BCUT2D eigenvalue weighted by Crippen LogP contribution is 2.46. The third kappa shape index (κ3) is 2.21. The predicted molar refractivity (Wildman–Crippen MR) is 103 cm³/mol. The molecule has 1 aromatic heterocycles. The summed E-state index contributed by atoms with van der Waals surface area (Å²) in [4.78, 5) is 9.35. The largest absolute Gasteiger partial charge is 0.506 e. The molecule has 2 aliphatic rings. The molecule has 1 atom stereocenters. The molecule has 0 radical (unpaired) electrons. The number of aromatic nitrogens is 2. The van der Waals surface area contributed by atoms with Crippen LogP contribution in [0.15, 0.2) is 46.6 Å². The molecule has 0 fully saturated rings. The minimum atomic E-state index is -0.475. The summed E-state index contributed by atoms with van der Waals surface area (Å²) >= 11 is 9.63. The number of anilines is 1. The molecule has 0 spiro atoms. The number of nitrogens with zero attached hydrogens (tertiary/aromatic N) is 3. The lowest BCUT2D eigenvalue weighted by Gasteiger charge is -2.28. The highest BCUT2D eigenvalue weighted by molar-refractivity contribution is 9.10. The Kier molecular flexibility index (Phi) is 3.40. The number of halogens is 2. The van der Waals surface area contributed by atoms with E-state index in [-0.39, 0.29) is 5.76 Å². The second-order valence-electron chi connectivity index (χ2n) is 6.12. The van der Waals surface area contributed by atoms with Gasteiger partial charge < -0.3 is 9.84 Å². The molecule has 130 valence electrons. The fraction of sp³-hybridized carbons (Fsp3) is 0.111. The molecule has 2 aliphatic heterocycles. The van der Waals surface area contributed by atoms with Crippen LogP contribution in [0.1, 0.15) is 17.3 Å². The van der Waals surface area contributed by atoms with E-state index in [1.165, 1.54) is 0 Å². The first-order valence-corrected chi connectivity index (χ1v) is 9.07. The van der Waals surface area contributed by atoms with Crippen LogP contribution in [0.25, 0.3) is 16.8 Å². The van der Waals surface area contributed by atoms with Crippen LogP contribution in [0.4, 0.5) is 5.82 Å². The van der Waals surface area contributed by atoms with Gasteiger partial charge >= 0.3 is 0 Å².